The van der Waals surface area contributed by atoms with Gasteiger partial charge in [0, 0.05) is 44.9 Å². The number of nitrogens with one attached hydrogen (secondary N) is 1. The van der Waals surface area contributed by atoms with E-state index in [1.54, 1.807) is 0 Å². The number of amides is 1. The molecular weight excluding hydrogens is 343 g/mol. The smallest absolute Gasteiger partial charge is 0.230 e. The Bertz CT molecular complexity index is 735. The van der Waals surface area contributed by atoms with Crippen molar-refractivity contribution in [2.24, 2.45) is 0 Å². The van der Waals surface area contributed by atoms with Crippen molar-refractivity contribution in [2.45, 2.75) is 32.9 Å². The van der Waals surface area contributed by atoms with E-state index in [1.165, 1.54) is 18.3 Å². The first-order valence-corrected chi connectivity index (χ1v) is 8.99. The molecule has 6 nitrogen and oxygen atoms in total. The third-order valence-corrected chi connectivity index (χ3v) is 4.89. The molecule has 1 amide bonds. The molecule has 2 aromatic rings. The topological polar surface area (TPSA) is 67.4 Å². The van der Waals surface area contributed by atoms with Crippen molar-refractivity contribution < 1.29 is 13.9 Å². The number of rotatable bonds is 5. The zero-order valence-electron chi connectivity index (χ0n) is 14.3. The van der Waals surface area contributed by atoms with E-state index in [0.29, 0.717) is 23.2 Å². The van der Waals surface area contributed by atoms with Crippen LogP contribution >= 0.6 is 11.3 Å². The third kappa shape index (κ3) is 5.04. The number of nitrogens with zero attached hydrogens (tertiary/aromatic N) is 3. The number of halogens is 1. The number of pyridine rings is 1. The lowest BCUT2D eigenvalue weighted by Crippen LogP contribution is -2.42. The maximum atomic E-state index is 14.0. The quantitative estimate of drug-likeness (QED) is 0.882. The van der Waals surface area contributed by atoms with Crippen LogP contribution < -0.4 is 5.32 Å². The van der Waals surface area contributed by atoms with Crippen molar-refractivity contribution in [2.75, 3.05) is 25.0 Å². The monoisotopic (exact) mass is 364 g/mol. The molecule has 134 valence electrons. The van der Waals surface area contributed by atoms with Crippen LogP contribution in [0.25, 0.3) is 0 Å². The minimum Gasteiger partial charge on any atom is -0.375 e. The number of aryl methyl sites for hydroxylation is 1. The summed E-state index contributed by atoms with van der Waals surface area (Å²) < 4.78 is 19.8. The molecule has 3 rings (SSSR count). The molecule has 1 saturated heterocycles. The molecule has 8 heteroatoms. The van der Waals surface area contributed by atoms with E-state index < -0.39 is 5.95 Å². The Hall–Kier alpha value is -1.90. The number of aromatic nitrogens is 2. The maximum absolute atomic E-state index is 14.0. The molecule has 25 heavy (non-hydrogen) atoms. The fourth-order valence-corrected chi connectivity index (χ4v) is 3.70. The molecule has 0 aromatic carbocycles. The molecular formula is C17H21FN4O2S. The molecule has 1 N–H and O–H groups in total. The van der Waals surface area contributed by atoms with E-state index in [0.717, 1.165) is 30.8 Å². The number of anilines is 1. The highest BCUT2D eigenvalue weighted by Gasteiger charge is 2.23. The standard InChI is InChI=1S/C17H21FN4O2S/c1-11-3-4-13(8-19-11)7-14-9-22(5-6-24-14)10-15-16(18)21-17(25-15)20-12(2)23/h3-4,8,14H,5-7,9-10H2,1-2H3,(H,20,21,23)/t14-/m1/s1. The highest BCUT2D eigenvalue weighted by molar-refractivity contribution is 7.15. The van der Waals surface area contributed by atoms with Gasteiger partial charge in [0.1, 0.15) is 0 Å². The second-order valence-corrected chi connectivity index (χ2v) is 7.24. The molecule has 0 unspecified atom stereocenters. The van der Waals surface area contributed by atoms with Gasteiger partial charge < -0.3 is 10.1 Å². The Morgan fingerprint density at radius 3 is 3.08 bits per heavy atom. The summed E-state index contributed by atoms with van der Waals surface area (Å²) in [7, 11) is 0. The third-order valence-electron chi connectivity index (χ3n) is 3.96. The number of carbonyl (C=O) groups is 1. The number of morpholine rings is 1. The Kier molecular flexibility index (Phi) is 5.72. The van der Waals surface area contributed by atoms with Crippen LogP contribution in [0.15, 0.2) is 18.3 Å². The van der Waals surface area contributed by atoms with Crippen LogP contribution in [0, 0.1) is 12.9 Å². The lowest BCUT2D eigenvalue weighted by atomic mass is 10.1. The highest BCUT2D eigenvalue weighted by Crippen LogP contribution is 2.24. The summed E-state index contributed by atoms with van der Waals surface area (Å²) in [5, 5.41) is 2.83. The van der Waals surface area contributed by atoms with Crippen molar-refractivity contribution in [1.29, 1.82) is 0 Å². The Balaban J connectivity index is 1.59. The highest BCUT2D eigenvalue weighted by atomic mass is 32.1. The number of hydrogen-bond donors (Lipinski definition) is 1. The number of carbonyl (C=O) groups excluding carboxylic acids is 1. The molecule has 1 fully saturated rings. The minimum atomic E-state index is -0.514. The number of ether oxygens (including phenoxy) is 1. The van der Waals surface area contributed by atoms with E-state index in [2.05, 4.69) is 26.3 Å². The largest absolute Gasteiger partial charge is 0.375 e. The van der Waals surface area contributed by atoms with Crippen molar-refractivity contribution in [1.82, 2.24) is 14.9 Å². The van der Waals surface area contributed by atoms with Crippen LogP contribution in [0.4, 0.5) is 9.52 Å². The number of hydrogen-bond acceptors (Lipinski definition) is 6. The summed E-state index contributed by atoms with van der Waals surface area (Å²) >= 11 is 1.18. The lowest BCUT2D eigenvalue weighted by molar-refractivity contribution is -0.114. The van der Waals surface area contributed by atoms with Crippen molar-refractivity contribution in [3.63, 3.8) is 0 Å². The maximum Gasteiger partial charge on any atom is 0.230 e. The second kappa shape index (κ2) is 7.99. The molecule has 2 aromatic heterocycles. The summed E-state index contributed by atoms with van der Waals surface area (Å²) in [5.41, 5.74) is 2.12. The summed E-state index contributed by atoms with van der Waals surface area (Å²) in [6.45, 7) is 5.89. The Morgan fingerprint density at radius 1 is 1.52 bits per heavy atom. The lowest BCUT2D eigenvalue weighted by Gasteiger charge is -2.32. The van der Waals surface area contributed by atoms with Crippen LogP contribution in [0.3, 0.4) is 0 Å². The van der Waals surface area contributed by atoms with Gasteiger partial charge in [-0.25, -0.2) is 0 Å². The van der Waals surface area contributed by atoms with E-state index in [1.807, 2.05) is 19.2 Å². The average Bonchev–Trinajstić information content (AvgIpc) is 2.88. The fraction of sp³-hybridized carbons (Fsp3) is 0.471. The van der Waals surface area contributed by atoms with E-state index in [-0.39, 0.29) is 12.0 Å². The first kappa shape index (κ1) is 17.9. The molecule has 1 atom stereocenters. The Morgan fingerprint density at radius 2 is 2.36 bits per heavy atom. The second-order valence-electron chi connectivity index (χ2n) is 6.15. The first-order chi connectivity index (χ1) is 12.0. The van der Waals surface area contributed by atoms with Crippen LogP contribution in [-0.2, 0) is 22.5 Å². The molecule has 0 aliphatic carbocycles. The van der Waals surface area contributed by atoms with Gasteiger partial charge in [-0.15, -0.1) is 0 Å². The molecule has 0 bridgehead atoms. The van der Waals surface area contributed by atoms with Gasteiger partial charge in [0.15, 0.2) is 5.13 Å². The number of thiazole rings is 1. The molecule has 0 saturated carbocycles. The van der Waals surface area contributed by atoms with Crippen molar-refractivity contribution in [3.8, 4) is 0 Å². The van der Waals surface area contributed by atoms with Gasteiger partial charge >= 0.3 is 0 Å². The average molecular weight is 364 g/mol. The molecule has 3 heterocycles. The fourth-order valence-electron chi connectivity index (χ4n) is 2.77. The van der Waals surface area contributed by atoms with Crippen LogP contribution in [0.2, 0.25) is 0 Å². The van der Waals surface area contributed by atoms with E-state index >= 15 is 0 Å². The normalized spacial score (nSPS) is 18.3. The predicted molar refractivity (Wildman–Crippen MR) is 94.1 cm³/mol. The van der Waals surface area contributed by atoms with E-state index in [9.17, 15) is 9.18 Å². The summed E-state index contributed by atoms with van der Waals surface area (Å²) in [6.07, 6.45) is 2.72. The Labute approximate surface area is 150 Å². The molecule has 1 aliphatic rings. The van der Waals surface area contributed by atoms with Gasteiger partial charge in [-0.1, -0.05) is 17.4 Å². The van der Waals surface area contributed by atoms with Crippen LogP contribution in [0.5, 0.6) is 0 Å². The van der Waals surface area contributed by atoms with Crippen molar-refractivity contribution >= 4 is 22.4 Å². The summed E-state index contributed by atoms with van der Waals surface area (Å²) in [6, 6.07) is 4.05. The van der Waals surface area contributed by atoms with Gasteiger partial charge in [0.05, 0.1) is 17.6 Å². The van der Waals surface area contributed by atoms with Gasteiger partial charge in [-0.05, 0) is 18.6 Å². The van der Waals surface area contributed by atoms with Gasteiger partial charge in [0.2, 0.25) is 11.9 Å². The van der Waals surface area contributed by atoms with Gasteiger partial charge in [-0.2, -0.15) is 9.37 Å². The summed E-state index contributed by atoms with van der Waals surface area (Å²) in [5.74, 6) is -0.766. The van der Waals surface area contributed by atoms with Crippen LogP contribution in [0.1, 0.15) is 23.1 Å². The molecule has 0 spiro atoms. The molecule has 0 radical (unpaired) electrons. The zero-order chi connectivity index (χ0) is 17.8. The minimum absolute atomic E-state index is 0.0593. The van der Waals surface area contributed by atoms with Crippen LogP contribution in [-0.4, -0.2) is 46.6 Å². The molecule has 1 aliphatic heterocycles. The summed E-state index contributed by atoms with van der Waals surface area (Å²) in [4.78, 5) is 21.8. The zero-order valence-corrected chi connectivity index (χ0v) is 15.1. The SMILES string of the molecule is CC(=O)Nc1nc(F)c(CN2CCO[C@H](Cc3ccc(C)nc3)C2)s1. The predicted octanol–water partition coefficient (Wildman–Crippen LogP) is 2.39. The first-order valence-electron chi connectivity index (χ1n) is 8.18. The van der Waals surface area contributed by atoms with Crippen molar-refractivity contribution in [3.05, 3.63) is 40.4 Å². The van der Waals surface area contributed by atoms with Gasteiger partial charge in [0.25, 0.3) is 0 Å². The van der Waals surface area contributed by atoms with Gasteiger partial charge in [-0.3, -0.25) is 14.7 Å². The van der Waals surface area contributed by atoms with E-state index in [4.69, 9.17) is 4.74 Å².